The molecular formula is C10H18F2. The van der Waals surface area contributed by atoms with Gasteiger partial charge in [-0.3, -0.25) is 0 Å². The van der Waals surface area contributed by atoms with Crippen LogP contribution >= 0.6 is 0 Å². The van der Waals surface area contributed by atoms with Crippen LogP contribution < -0.4 is 0 Å². The van der Waals surface area contributed by atoms with Crippen LogP contribution in [0.3, 0.4) is 0 Å². The zero-order chi connectivity index (χ0) is 9.35. The average molecular weight is 176 g/mol. The lowest BCUT2D eigenvalue weighted by Crippen LogP contribution is -2.17. The van der Waals surface area contributed by atoms with Crippen molar-refractivity contribution in [3.63, 3.8) is 0 Å². The number of hydrogen-bond acceptors (Lipinski definition) is 0. The van der Waals surface area contributed by atoms with Gasteiger partial charge in [0, 0.05) is 12.8 Å². The molecule has 1 saturated carbocycles. The van der Waals surface area contributed by atoms with E-state index in [2.05, 4.69) is 20.8 Å². The predicted molar refractivity (Wildman–Crippen MR) is 46.3 cm³/mol. The Bertz CT molecular complexity index is 152. The van der Waals surface area contributed by atoms with Crippen LogP contribution in [0.4, 0.5) is 8.78 Å². The lowest BCUT2D eigenvalue weighted by Gasteiger charge is -2.22. The van der Waals surface area contributed by atoms with E-state index < -0.39 is 5.92 Å². The molecule has 1 fully saturated rings. The fourth-order valence-electron chi connectivity index (χ4n) is 1.98. The van der Waals surface area contributed by atoms with Crippen molar-refractivity contribution in [1.82, 2.24) is 0 Å². The summed E-state index contributed by atoms with van der Waals surface area (Å²) >= 11 is 0. The molecule has 0 amide bonds. The van der Waals surface area contributed by atoms with Crippen molar-refractivity contribution in [3.05, 3.63) is 0 Å². The monoisotopic (exact) mass is 176 g/mol. The van der Waals surface area contributed by atoms with Crippen LogP contribution in [0.2, 0.25) is 0 Å². The van der Waals surface area contributed by atoms with Crippen LogP contribution in [0.5, 0.6) is 0 Å². The number of halogens is 2. The molecule has 0 heterocycles. The number of alkyl halides is 2. The van der Waals surface area contributed by atoms with Gasteiger partial charge in [-0.25, -0.2) is 8.78 Å². The Morgan fingerprint density at radius 2 is 1.83 bits per heavy atom. The van der Waals surface area contributed by atoms with E-state index in [4.69, 9.17) is 0 Å². The third-order valence-corrected chi connectivity index (χ3v) is 3.24. The maximum absolute atomic E-state index is 12.8. The van der Waals surface area contributed by atoms with Gasteiger partial charge in [-0.1, -0.05) is 20.8 Å². The van der Waals surface area contributed by atoms with Crippen LogP contribution in [0, 0.1) is 17.8 Å². The SMILES string of the molecule is CC(C)C(C)C1CCC(F)(F)C1. The van der Waals surface area contributed by atoms with Gasteiger partial charge in [0.25, 0.3) is 0 Å². The van der Waals surface area contributed by atoms with Gasteiger partial charge >= 0.3 is 0 Å². The minimum atomic E-state index is -2.37. The van der Waals surface area contributed by atoms with Crippen molar-refractivity contribution < 1.29 is 8.78 Å². The Morgan fingerprint density at radius 3 is 2.17 bits per heavy atom. The number of rotatable bonds is 2. The summed E-state index contributed by atoms with van der Waals surface area (Å²) in [6.07, 6.45) is 0.938. The Hall–Kier alpha value is -0.140. The summed E-state index contributed by atoms with van der Waals surface area (Å²) < 4.78 is 25.6. The van der Waals surface area contributed by atoms with Crippen molar-refractivity contribution >= 4 is 0 Å². The highest BCUT2D eigenvalue weighted by atomic mass is 19.3. The summed E-state index contributed by atoms with van der Waals surface area (Å²) in [4.78, 5) is 0. The second kappa shape index (κ2) is 3.31. The number of hydrogen-bond donors (Lipinski definition) is 0. The summed E-state index contributed by atoms with van der Waals surface area (Å²) in [7, 11) is 0. The van der Waals surface area contributed by atoms with Gasteiger partial charge in [-0.05, 0) is 24.2 Å². The first-order chi connectivity index (χ1) is 5.42. The van der Waals surface area contributed by atoms with Crippen LogP contribution in [0.25, 0.3) is 0 Å². The van der Waals surface area contributed by atoms with E-state index >= 15 is 0 Å². The van der Waals surface area contributed by atoms with E-state index in [1.807, 2.05) is 0 Å². The molecule has 1 rings (SSSR count). The smallest absolute Gasteiger partial charge is 0.207 e. The minimum absolute atomic E-state index is 0.106. The van der Waals surface area contributed by atoms with Crippen molar-refractivity contribution in [3.8, 4) is 0 Å². The quantitative estimate of drug-likeness (QED) is 0.601. The molecule has 1 aliphatic carbocycles. The van der Waals surface area contributed by atoms with Crippen LogP contribution in [0.15, 0.2) is 0 Å². The molecule has 1 aliphatic rings. The summed E-state index contributed by atoms with van der Waals surface area (Å²) in [5.74, 6) is -1.14. The zero-order valence-electron chi connectivity index (χ0n) is 8.11. The molecule has 2 unspecified atom stereocenters. The van der Waals surface area contributed by atoms with Gasteiger partial charge in [-0.2, -0.15) is 0 Å². The first kappa shape index (κ1) is 9.94. The molecule has 0 N–H and O–H groups in total. The highest BCUT2D eigenvalue weighted by Crippen LogP contribution is 2.43. The van der Waals surface area contributed by atoms with Crippen molar-refractivity contribution in [2.45, 2.75) is 46.0 Å². The second-order valence-corrected chi connectivity index (χ2v) is 4.46. The molecule has 0 bridgehead atoms. The van der Waals surface area contributed by atoms with E-state index in [-0.39, 0.29) is 18.8 Å². The summed E-state index contributed by atoms with van der Waals surface area (Å²) in [5.41, 5.74) is 0. The Labute approximate surface area is 73.3 Å². The summed E-state index contributed by atoms with van der Waals surface area (Å²) in [6, 6.07) is 0. The Kier molecular flexibility index (Phi) is 2.74. The van der Waals surface area contributed by atoms with E-state index in [1.54, 1.807) is 0 Å². The predicted octanol–water partition coefficient (Wildman–Crippen LogP) is 3.71. The third-order valence-electron chi connectivity index (χ3n) is 3.24. The molecule has 0 spiro atoms. The molecule has 12 heavy (non-hydrogen) atoms. The van der Waals surface area contributed by atoms with Crippen LogP contribution in [-0.2, 0) is 0 Å². The van der Waals surface area contributed by atoms with Gasteiger partial charge in [0.2, 0.25) is 5.92 Å². The molecule has 0 aromatic rings. The maximum atomic E-state index is 12.8. The molecule has 2 atom stereocenters. The van der Waals surface area contributed by atoms with Gasteiger partial charge in [-0.15, -0.1) is 0 Å². The van der Waals surface area contributed by atoms with Crippen LogP contribution in [-0.4, -0.2) is 5.92 Å². The molecule has 2 heteroatoms. The van der Waals surface area contributed by atoms with Gasteiger partial charge in [0.1, 0.15) is 0 Å². The summed E-state index contributed by atoms with van der Waals surface area (Å²) in [5, 5.41) is 0. The van der Waals surface area contributed by atoms with E-state index in [0.29, 0.717) is 18.3 Å². The van der Waals surface area contributed by atoms with Crippen molar-refractivity contribution in [2.24, 2.45) is 17.8 Å². The molecule has 0 radical (unpaired) electrons. The lowest BCUT2D eigenvalue weighted by atomic mass is 9.84. The van der Waals surface area contributed by atoms with Crippen molar-refractivity contribution in [2.75, 3.05) is 0 Å². The topological polar surface area (TPSA) is 0 Å². The highest BCUT2D eigenvalue weighted by molar-refractivity contribution is 4.84. The average Bonchev–Trinajstić information content (AvgIpc) is 2.28. The van der Waals surface area contributed by atoms with Crippen LogP contribution in [0.1, 0.15) is 40.0 Å². The first-order valence-electron chi connectivity index (χ1n) is 4.80. The largest absolute Gasteiger partial charge is 0.248 e. The Morgan fingerprint density at radius 1 is 1.25 bits per heavy atom. The lowest BCUT2D eigenvalue weighted by molar-refractivity contribution is 0.00144. The summed E-state index contributed by atoms with van der Waals surface area (Å²) in [6.45, 7) is 6.32. The molecule has 72 valence electrons. The molecule has 0 aromatic carbocycles. The normalized spacial score (nSPS) is 31.0. The van der Waals surface area contributed by atoms with E-state index in [1.165, 1.54) is 0 Å². The fourth-order valence-corrected chi connectivity index (χ4v) is 1.98. The third kappa shape index (κ3) is 2.18. The van der Waals surface area contributed by atoms with E-state index in [0.717, 1.165) is 0 Å². The fraction of sp³-hybridized carbons (Fsp3) is 1.00. The standard InChI is InChI=1S/C10H18F2/c1-7(2)8(3)9-4-5-10(11,12)6-9/h7-9H,4-6H2,1-3H3. The minimum Gasteiger partial charge on any atom is -0.207 e. The highest BCUT2D eigenvalue weighted by Gasteiger charge is 2.41. The van der Waals surface area contributed by atoms with Crippen molar-refractivity contribution in [1.29, 1.82) is 0 Å². The first-order valence-corrected chi connectivity index (χ1v) is 4.80. The zero-order valence-corrected chi connectivity index (χ0v) is 8.11. The second-order valence-electron chi connectivity index (χ2n) is 4.46. The van der Waals surface area contributed by atoms with Gasteiger partial charge in [0.15, 0.2) is 0 Å². The Balaban J connectivity index is 2.47. The molecule has 0 aliphatic heterocycles. The molecular weight excluding hydrogens is 158 g/mol. The molecule has 0 aromatic heterocycles. The molecule has 0 saturated heterocycles. The maximum Gasteiger partial charge on any atom is 0.248 e. The van der Waals surface area contributed by atoms with E-state index in [9.17, 15) is 8.78 Å². The van der Waals surface area contributed by atoms with Gasteiger partial charge in [0.05, 0.1) is 0 Å². The van der Waals surface area contributed by atoms with Gasteiger partial charge < -0.3 is 0 Å². The molecule has 0 nitrogen and oxygen atoms in total.